The number of amides is 1. The SMILES string of the molecule is COc1ccc(N2CCN(C(=O)CN(C)CCc3ccc(OC)c(OC)c3)CC2)cc1. The largest absolute Gasteiger partial charge is 0.497 e. The van der Waals surface area contributed by atoms with Gasteiger partial charge in [-0.25, -0.2) is 0 Å². The number of methoxy groups -OCH3 is 3. The standard InChI is InChI=1S/C24H33N3O4/c1-25(12-11-19-5-10-22(30-3)23(17-19)31-4)18-24(28)27-15-13-26(14-16-27)20-6-8-21(29-2)9-7-20/h5-10,17H,11-16,18H2,1-4H3. The molecular formula is C24H33N3O4. The molecule has 31 heavy (non-hydrogen) atoms. The second kappa shape index (κ2) is 10.9. The maximum atomic E-state index is 12.7. The maximum absolute atomic E-state index is 12.7. The lowest BCUT2D eigenvalue weighted by atomic mass is 10.1. The molecule has 3 rings (SSSR count). The van der Waals surface area contributed by atoms with Gasteiger partial charge in [0.25, 0.3) is 0 Å². The first kappa shape index (κ1) is 22.7. The first-order chi connectivity index (χ1) is 15.0. The molecular weight excluding hydrogens is 394 g/mol. The Bertz CT molecular complexity index is 848. The Balaban J connectivity index is 1.44. The summed E-state index contributed by atoms with van der Waals surface area (Å²) in [7, 11) is 6.94. The molecule has 1 fully saturated rings. The fourth-order valence-corrected chi connectivity index (χ4v) is 3.77. The average molecular weight is 428 g/mol. The zero-order valence-corrected chi connectivity index (χ0v) is 19.0. The van der Waals surface area contributed by atoms with Gasteiger partial charge in [0, 0.05) is 38.4 Å². The van der Waals surface area contributed by atoms with Crippen LogP contribution in [0.5, 0.6) is 17.2 Å². The molecule has 0 radical (unpaired) electrons. The molecule has 0 aromatic heterocycles. The van der Waals surface area contributed by atoms with E-state index in [-0.39, 0.29) is 5.91 Å². The second-order valence-corrected chi connectivity index (χ2v) is 7.74. The number of rotatable bonds is 9. The van der Waals surface area contributed by atoms with Crippen molar-refractivity contribution in [2.45, 2.75) is 6.42 Å². The Kier molecular flexibility index (Phi) is 8.00. The van der Waals surface area contributed by atoms with Gasteiger partial charge in [-0.1, -0.05) is 6.07 Å². The number of nitrogens with zero attached hydrogens (tertiary/aromatic N) is 3. The Morgan fingerprint density at radius 1 is 0.903 bits per heavy atom. The summed E-state index contributed by atoms with van der Waals surface area (Å²) in [5.74, 6) is 2.50. The van der Waals surface area contributed by atoms with Gasteiger partial charge in [-0.2, -0.15) is 0 Å². The highest BCUT2D eigenvalue weighted by molar-refractivity contribution is 5.78. The normalized spacial score (nSPS) is 14.0. The predicted octanol–water partition coefficient (Wildman–Crippen LogP) is 2.54. The summed E-state index contributed by atoms with van der Waals surface area (Å²) < 4.78 is 15.9. The minimum absolute atomic E-state index is 0.184. The number of carbonyl (C=O) groups excluding carboxylic acids is 1. The second-order valence-electron chi connectivity index (χ2n) is 7.74. The predicted molar refractivity (Wildman–Crippen MR) is 123 cm³/mol. The van der Waals surface area contributed by atoms with E-state index in [1.165, 1.54) is 5.69 Å². The molecule has 0 unspecified atom stereocenters. The van der Waals surface area contributed by atoms with Crippen LogP contribution < -0.4 is 19.1 Å². The number of likely N-dealkylation sites (N-methyl/N-ethyl adjacent to an activating group) is 1. The molecule has 168 valence electrons. The van der Waals surface area contributed by atoms with Gasteiger partial charge < -0.3 is 24.0 Å². The van der Waals surface area contributed by atoms with Gasteiger partial charge in [-0.15, -0.1) is 0 Å². The van der Waals surface area contributed by atoms with E-state index in [1.807, 2.05) is 42.3 Å². The number of anilines is 1. The fourth-order valence-electron chi connectivity index (χ4n) is 3.77. The molecule has 0 spiro atoms. The van der Waals surface area contributed by atoms with E-state index < -0.39 is 0 Å². The van der Waals surface area contributed by atoms with E-state index in [2.05, 4.69) is 21.9 Å². The number of carbonyl (C=O) groups is 1. The van der Waals surface area contributed by atoms with Crippen molar-refractivity contribution in [3.05, 3.63) is 48.0 Å². The van der Waals surface area contributed by atoms with Gasteiger partial charge in [-0.05, 0) is 55.4 Å². The highest BCUT2D eigenvalue weighted by Crippen LogP contribution is 2.27. The molecule has 0 atom stereocenters. The molecule has 1 amide bonds. The number of hydrogen-bond donors (Lipinski definition) is 0. The van der Waals surface area contributed by atoms with Crippen molar-refractivity contribution in [1.82, 2.24) is 9.80 Å². The van der Waals surface area contributed by atoms with Gasteiger partial charge in [0.05, 0.1) is 27.9 Å². The summed E-state index contributed by atoms with van der Waals surface area (Å²) >= 11 is 0. The number of hydrogen-bond acceptors (Lipinski definition) is 6. The van der Waals surface area contributed by atoms with Gasteiger partial charge in [0.15, 0.2) is 11.5 Å². The Hall–Kier alpha value is -2.93. The van der Waals surface area contributed by atoms with Crippen LogP contribution in [0.4, 0.5) is 5.69 Å². The van der Waals surface area contributed by atoms with Gasteiger partial charge in [0.1, 0.15) is 5.75 Å². The van der Waals surface area contributed by atoms with Gasteiger partial charge >= 0.3 is 0 Å². The summed E-state index contributed by atoms with van der Waals surface area (Å²) in [5, 5.41) is 0. The third-order valence-electron chi connectivity index (χ3n) is 5.71. The van der Waals surface area contributed by atoms with E-state index >= 15 is 0 Å². The highest BCUT2D eigenvalue weighted by Gasteiger charge is 2.22. The molecule has 1 heterocycles. The molecule has 1 saturated heterocycles. The van der Waals surface area contributed by atoms with E-state index in [4.69, 9.17) is 14.2 Å². The lowest BCUT2D eigenvalue weighted by Crippen LogP contribution is -2.51. The Labute approximate surface area is 185 Å². The van der Waals surface area contributed by atoms with Crippen LogP contribution in [0, 0.1) is 0 Å². The number of benzene rings is 2. The number of piperazine rings is 1. The zero-order chi connectivity index (χ0) is 22.2. The van der Waals surface area contributed by atoms with Crippen molar-refractivity contribution in [1.29, 1.82) is 0 Å². The van der Waals surface area contributed by atoms with Crippen LogP contribution in [0.1, 0.15) is 5.56 Å². The molecule has 2 aromatic rings. The Morgan fingerprint density at radius 2 is 1.58 bits per heavy atom. The molecule has 7 nitrogen and oxygen atoms in total. The molecule has 0 N–H and O–H groups in total. The first-order valence-electron chi connectivity index (χ1n) is 10.6. The topological polar surface area (TPSA) is 54.5 Å². The van der Waals surface area contributed by atoms with Gasteiger partial charge in [0.2, 0.25) is 5.91 Å². The van der Waals surface area contributed by atoms with Crippen molar-refractivity contribution >= 4 is 11.6 Å². The molecule has 2 aromatic carbocycles. The van der Waals surface area contributed by atoms with E-state index in [9.17, 15) is 4.79 Å². The minimum Gasteiger partial charge on any atom is -0.497 e. The lowest BCUT2D eigenvalue weighted by molar-refractivity contribution is -0.132. The fraction of sp³-hybridized carbons (Fsp3) is 0.458. The van der Waals surface area contributed by atoms with Crippen molar-refractivity contribution in [2.75, 3.05) is 72.5 Å². The molecule has 0 aliphatic carbocycles. The summed E-state index contributed by atoms with van der Waals surface area (Å²) in [6, 6.07) is 14.0. The van der Waals surface area contributed by atoms with E-state index in [0.717, 1.165) is 62.0 Å². The average Bonchev–Trinajstić information content (AvgIpc) is 2.82. The summed E-state index contributed by atoms with van der Waals surface area (Å²) in [6.45, 7) is 4.40. The van der Waals surface area contributed by atoms with Gasteiger partial charge in [-0.3, -0.25) is 9.69 Å². The minimum atomic E-state index is 0.184. The maximum Gasteiger partial charge on any atom is 0.236 e. The van der Waals surface area contributed by atoms with Crippen LogP contribution in [0.25, 0.3) is 0 Å². The van der Waals surface area contributed by atoms with Crippen LogP contribution in [-0.2, 0) is 11.2 Å². The van der Waals surface area contributed by atoms with Crippen LogP contribution in [-0.4, -0.2) is 83.4 Å². The zero-order valence-electron chi connectivity index (χ0n) is 19.0. The third kappa shape index (κ3) is 6.04. The summed E-state index contributed by atoms with van der Waals surface area (Å²) in [5.41, 5.74) is 2.32. The van der Waals surface area contributed by atoms with E-state index in [1.54, 1.807) is 21.3 Å². The smallest absolute Gasteiger partial charge is 0.236 e. The van der Waals surface area contributed by atoms with Crippen LogP contribution in [0.3, 0.4) is 0 Å². The molecule has 0 bridgehead atoms. The van der Waals surface area contributed by atoms with E-state index in [0.29, 0.717) is 6.54 Å². The van der Waals surface area contributed by atoms with Crippen LogP contribution in [0.15, 0.2) is 42.5 Å². The first-order valence-corrected chi connectivity index (χ1v) is 10.6. The van der Waals surface area contributed by atoms with Crippen molar-refractivity contribution < 1.29 is 19.0 Å². The summed E-state index contributed by atoms with van der Waals surface area (Å²) in [4.78, 5) is 19.1. The molecule has 1 aliphatic heterocycles. The third-order valence-corrected chi connectivity index (χ3v) is 5.71. The monoisotopic (exact) mass is 427 g/mol. The lowest BCUT2D eigenvalue weighted by Gasteiger charge is -2.36. The summed E-state index contributed by atoms with van der Waals surface area (Å²) in [6.07, 6.45) is 0.843. The molecule has 7 heteroatoms. The molecule has 1 aliphatic rings. The van der Waals surface area contributed by atoms with Crippen LogP contribution >= 0.6 is 0 Å². The number of ether oxygens (including phenoxy) is 3. The highest BCUT2D eigenvalue weighted by atomic mass is 16.5. The van der Waals surface area contributed by atoms with Crippen molar-refractivity contribution in [3.8, 4) is 17.2 Å². The Morgan fingerprint density at radius 3 is 2.19 bits per heavy atom. The van der Waals surface area contributed by atoms with Crippen molar-refractivity contribution in [3.63, 3.8) is 0 Å². The van der Waals surface area contributed by atoms with Crippen LogP contribution in [0.2, 0.25) is 0 Å². The quantitative estimate of drug-likeness (QED) is 0.613. The van der Waals surface area contributed by atoms with Crippen molar-refractivity contribution in [2.24, 2.45) is 0 Å². The molecule has 0 saturated carbocycles.